The minimum atomic E-state index is -1.03. The quantitative estimate of drug-likeness (QED) is 0.219. The van der Waals surface area contributed by atoms with Gasteiger partial charge >= 0.3 is 5.91 Å². The first kappa shape index (κ1) is 23.7. The number of aliphatic hydroxyl groups excluding tert-OH is 1. The van der Waals surface area contributed by atoms with Crippen LogP contribution in [0.25, 0.3) is 16.0 Å². The molecule has 1 saturated heterocycles. The molecule has 0 radical (unpaired) electrons. The Morgan fingerprint density at radius 1 is 1.11 bits per heavy atom. The van der Waals surface area contributed by atoms with Crippen LogP contribution in [0.3, 0.4) is 0 Å². The molecule has 2 aromatic heterocycles. The van der Waals surface area contributed by atoms with Gasteiger partial charge in [0.25, 0.3) is 5.78 Å². The van der Waals surface area contributed by atoms with Gasteiger partial charge in [0.1, 0.15) is 23.1 Å². The Labute approximate surface area is 213 Å². The lowest BCUT2D eigenvalue weighted by Crippen LogP contribution is -2.29. The summed E-state index contributed by atoms with van der Waals surface area (Å²) in [7, 11) is 2.90. The van der Waals surface area contributed by atoms with Crippen LogP contribution in [0.5, 0.6) is 11.5 Å². The number of carbonyl (C=O) groups is 2. The number of rotatable bonds is 5. The van der Waals surface area contributed by atoms with E-state index < -0.39 is 29.3 Å². The molecule has 8 nitrogen and oxygen atoms in total. The summed E-state index contributed by atoms with van der Waals surface area (Å²) in [5, 5.41) is 11.4. The first-order valence-corrected chi connectivity index (χ1v) is 11.7. The molecular formula is C25H17ClFN3O5S. The average molecular weight is 526 g/mol. The predicted molar refractivity (Wildman–Crippen MR) is 133 cm³/mol. The monoisotopic (exact) mass is 525 g/mol. The maximum Gasteiger partial charge on any atom is 0.301 e. The number of ether oxygens (including phenoxy) is 2. The maximum atomic E-state index is 14.0. The van der Waals surface area contributed by atoms with Gasteiger partial charge in [0.05, 0.1) is 46.6 Å². The maximum absolute atomic E-state index is 14.0. The molecule has 3 heterocycles. The second-order valence-electron chi connectivity index (χ2n) is 7.75. The summed E-state index contributed by atoms with van der Waals surface area (Å²) in [5.74, 6) is -2.12. The Hall–Kier alpha value is -4.02. The second-order valence-corrected chi connectivity index (χ2v) is 9.16. The lowest BCUT2D eigenvalue weighted by atomic mass is 9.95. The lowest BCUT2D eigenvalue weighted by Gasteiger charge is -2.23. The summed E-state index contributed by atoms with van der Waals surface area (Å²) in [6.07, 6.45) is 3.02. The molecule has 1 fully saturated rings. The molecule has 1 aliphatic heterocycles. The van der Waals surface area contributed by atoms with E-state index in [9.17, 15) is 19.1 Å². The fraction of sp³-hybridized carbons (Fsp3) is 0.120. The van der Waals surface area contributed by atoms with Crippen LogP contribution in [-0.4, -0.2) is 41.0 Å². The number of thiazole rings is 1. The van der Waals surface area contributed by atoms with E-state index >= 15 is 0 Å². The van der Waals surface area contributed by atoms with Crippen molar-refractivity contribution in [1.29, 1.82) is 0 Å². The van der Waals surface area contributed by atoms with Crippen molar-refractivity contribution in [2.24, 2.45) is 0 Å². The topological polar surface area (TPSA) is 102 Å². The molecule has 1 unspecified atom stereocenters. The van der Waals surface area contributed by atoms with E-state index in [1.165, 1.54) is 49.7 Å². The van der Waals surface area contributed by atoms with Crippen molar-refractivity contribution in [2.45, 2.75) is 6.04 Å². The fourth-order valence-corrected chi connectivity index (χ4v) is 5.20. The molecule has 0 spiro atoms. The van der Waals surface area contributed by atoms with Crippen molar-refractivity contribution in [2.75, 3.05) is 19.1 Å². The van der Waals surface area contributed by atoms with Crippen LogP contribution >= 0.6 is 22.9 Å². The summed E-state index contributed by atoms with van der Waals surface area (Å²) >= 11 is 6.93. The van der Waals surface area contributed by atoms with E-state index in [-0.39, 0.29) is 27.0 Å². The molecule has 0 bridgehead atoms. The molecule has 11 heteroatoms. The first-order chi connectivity index (χ1) is 17.3. The largest absolute Gasteiger partial charge is 0.507 e. The van der Waals surface area contributed by atoms with Gasteiger partial charge in [-0.2, -0.15) is 0 Å². The third-order valence-electron chi connectivity index (χ3n) is 5.76. The number of amides is 1. The molecule has 1 N–H and O–H groups in total. The zero-order chi connectivity index (χ0) is 25.6. The number of nitrogens with zero attached hydrogens (tertiary/aromatic N) is 3. The van der Waals surface area contributed by atoms with Gasteiger partial charge < -0.3 is 14.6 Å². The number of aromatic nitrogens is 2. The van der Waals surface area contributed by atoms with Crippen LogP contribution in [-0.2, 0) is 9.59 Å². The lowest BCUT2D eigenvalue weighted by molar-refractivity contribution is -0.132. The van der Waals surface area contributed by atoms with Gasteiger partial charge in [0.15, 0.2) is 5.13 Å². The van der Waals surface area contributed by atoms with Crippen LogP contribution < -0.4 is 14.4 Å². The molecule has 182 valence electrons. The highest BCUT2D eigenvalue weighted by Crippen LogP contribution is 2.45. The van der Waals surface area contributed by atoms with Crippen molar-refractivity contribution in [1.82, 2.24) is 9.97 Å². The Morgan fingerprint density at radius 3 is 2.56 bits per heavy atom. The summed E-state index contributed by atoms with van der Waals surface area (Å²) in [5.41, 5.74) is 0.932. The third-order valence-corrected chi connectivity index (χ3v) is 7.06. The van der Waals surface area contributed by atoms with Crippen LogP contribution in [0.2, 0.25) is 5.02 Å². The van der Waals surface area contributed by atoms with E-state index in [0.29, 0.717) is 21.5 Å². The minimum Gasteiger partial charge on any atom is -0.507 e. The number of anilines is 1. The zero-order valence-corrected chi connectivity index (χ0v) is 20.4. The molecule has 4 aromatic rings. The molecular weight excluding hydrogens is 509 g/mol. The van der Waals surface area contributed by atoms with Gasteiger partial charge in [0.2, 0.25) is 0 Å². The van der Waals surface area contributed by atoms with Gasteiger partial charge in [0, 0.05) is 18.5 Å². The molecule has 5 rings (SSSR count). The van der Waals surface area contributed by atoms with Crippen molar-refractivity contribution in [3.8, 4) is 11.5 Å². The number of ketones is 1. The van der Waals surface area contributed by atoms with E-state index in [1.54, 1.807) is 24.3 Å². The van der Waals surface area contributed by atoms with Crippen molar-refractivity contribution in [3.63, 3.8) is 0 Å². The molecule has 0 saturated carbocycles. The van der Waals surface area contributed by atoms with Crippen molar-refractivity contribution < 1.29 is 28.6 Å². The zero-order valence-electron chi connectivity index (χ0n) is 18.9. The fourth-order valence-electron chi connectivity index (χ4n) is 4.04. The van der Waals surface area contributed by atoms with Crippen molar-refractivity contribution >= 4 is 55.7 Å². The van der Waals surface area contributed by atoms with E-state index in [1.807, 2.05) is 0 Å². The van der Waals surface area contributed by atoms with Crippen LogP contribution in [0, 0.1) is 5.82 Å². The summed E-state index contributed by atoms with van der Waals surface area (Å²) in [6, 6.07) is 9.50. The number of carbonyl (C=O) groups excluding carboxylic acids is 2. The van der Waals surface area contributed by atoms with E-state index in [2.05, 4.69) is 9.97 Å². The first-order valence-electron chi connectivity index (χ1n) is 10.5. The van der Waals surface area contributed by atoms with Gasteiger partial charge in [-0.1, -0.05) is 22.9 Å². The van der Waals surface area contributed by atoms with Crippen LogP contribution in [0.4, 0.5) is 9.52 Å². The molecule has 2 aromatic carbocycles. The molecule has 1 aliphatic rings. The number of hydrogen-bond donors (Lipinski definition) is 1. The Balaban J connectivity index is 1.73. The molecule has 1 amide bonds. The Kier molecular flexibility index (Phi) is 6.07. The number of benzene rings is 2. The van der Waals surface area contributed by atoms with E-state index in [0.717, 1.165) is 11.3 Å². The summed E-state index contributed by atoms with van der Waals surface area (Å²) < 4.78 is 25.1. The molecule has 36 heavy (non-hydrogen) atoms. The summed E-state index contributed by atoms with van der Waals surface area (Å²) in [6.45, 7) is 0. The van der Waals surface area contributed by atoms with Gasteiger partial charge in [-0.3, -0.25) is 19.5 Å². The highest BCUT2D eigenvalue weighted by Gasteiger charge is 2.48. The average Bonchev–Trinajstić information content (AvgIpc) is 3.41. The predicted octanol–water partition coefficient (Wildman–Crippen LogP) is 5.13. The van der Waals surface area contributed by atoms with Crippen LogP contribution in [0.15, 0.2) is 60.4 Å². The molecule has 1 atom stereocenters. The van der Waals surface area contributed by atoms with Gasteiger partial charge in [-0.15, -0.1) is 0 Å². The third kappa shape index (κ3) is 3.84. The number of fused-ring (bicyclic) bond motifs is 1. The number of hydrogen-bond acceptors (Lipinski definition) is 8. The van der Waals surface area contributed by atoms with Gasteiger partial charge in [-0.25, -0.2) is 9.37 Å². The minimum absolute atomic E-state index is 0.112. The van der Waals surface area contributed by atoms with E-state index in [4.69, 9.17) is 21.1 Å². The second kappa shape index (κ2) is 9.21. The van der Waals surface area contributed by atoms with Crippen LogP contribution in [0.1, 0.15) is 17.2 Å². The number of halogens is 2. The van der Waals surface area contributed by atoms with Gasteiger partial charge in [-0.05, 0) is 42.0 Å². The number of aliphatic hydroxyl groups is 1. The Bertz CT molecular complexity index is 1520. The number of Topliss-reactive ketones (excluding diaryl/α,β-unsaturated/α-hetero) is 1. The standard InChI is InChI=1S/C25H17ClFN3O5S/c1-34-13-3-4-14(18(9-13)35-2)22(31)20-21(12-5-7-28-8-6-12)30(24(33)23(20)32)25-29-17-10-15(26)16(27)11-19(17)36-25/h3-11,21,31H,1-2H3/b22-20+. The highest BCUT2D eigenvalue weighted by atomic mass is 35.5. The normalized spacial score (nSPS) is 17.1. The molecule has 0 aliphatic carbocycles. The number of pyridine rings is 1. The highest BCUT2D eigenvalue weighted by molar-refractivity contribution is 7.22. The smallest absolute Gasteiger partial charge is 0.301 e. The van der Waals surface area contributed by atoms with Crippen molar-refractivity contribution in [3.05, 3.63) is 82.4 Å². The number of methoxy groups -OCH3 is 2. The summed E-state index contributed by atoms with van der Waals surface area (Å²) in [4.78, 5) is 36.3. The SMILES string of the molecule is COc1ccc(/C(O)=C2\C(=O)C(=O)N(c3nc4cc(Cl)c(F)cc4s3)C2c2ccncc2)c(OC)c1. The Morgan fingerprint density at radius 2 is 1.86 bits per heavy atom.